The van der Waals surface area contributed by atoms with Crippen LogP contribution in [0.2, 0.25) is 0 Å². The number of para-hydroxylation sites is 1. The van der Waals surface area contributed by atoms with Gasteiger partial charge in [-0.25, -0.2) is 0 Å². The second-order valence-electron chi connectivity index (χ2n) is 7.43. The van der Waals surface area contributed by atoms with Gasteiger partial charge in [-0.3, -0.25) is 19.8 Å². The molecule has 31 heavy (non-hydrogen) atoms. The summed E-state index contributed by atoms with van der Waals surface area (Å²) >= 11 is 0. The Labute approximate surface area is 180 Å². The number of benzene rings is 3. The van der Waals surface area contributed by atoms with Gasteiger partial charge in [0.25, 0.3) is 11.6 Å². The fourth-order valence-electron chi connectivity index (χ4n) is 3.61. The van der Waals surface area contributed by atoms with Gasteiger partial charge in [0.05, 0.1) is 4.92 Å². The molecule has 4 rings (SSSR count). The maximum absolute atomic E-state index is 12.7. The van der Waals surface area contributed by atoms with Crippen LogP contribution in [0.25, 0.3) is 0 Å². The summed E-state index contributed by atoms with van der Waals surface area (Å²) in [6.07, 6.45) is 0. The third kappa shape index (κ3) is 5.26. The van der Waals surface area contributed by atoms with Gasteiger partial charge in [-0.2, -0.15) is 0 Å². The lowest BCUT2D eigenvalue weighted by molar-refractivity contribution is -0.384. The van der Waals surface area contributed by atoms with Gasteiger partial charge in [0.15, 0.2) is 0 Å². The van der Waals surface area contributed by atoms with E-state index in [1.54, 1.807) is 4.90 Å². The Morgan fingerprint density at radius 3 is 2.23 bits per heavy atom. The van der Waals surface area contributed by atoms with Crippen molar-refractivity contribution in [1.29, 1.82) is 0 Å². The van der Waals surface area contributed by atoms with Crippen molar-refractivity contribution < 1.29 is 14.5 Å². The van der Waals surface area contributed by atoms with Crippen LogP contribution in [0.5, 0.6) is 11.5 Å². The normalized spacial score (nSPS) is 14.3. The zero-order valence-electron chi connectivity index (χ0n) is 17.0. The standard InChI is InChI=1S/C24H23N3O4/c28-24(20-9-11-21(12-10-20)27(29)30)26-15-13-25(14-16-26)18-19-5-4-8-23(17-19)31-22-6-2-1-3-7-22/h1-12,17H,13-16,18H2. The lowest BCUT2D eigenvalue weighted by atomic mass is 10.1. The number of rotatable bonds is 6. The number of amides is 1. The molecule has 1 amide bonds. The molecule has 1 heterocycles. The summed E-state index contributed by atoms with van der Waals surface area (Å²) in [4.78, 5) is 27.1. The second-order valence-corrected chi connectivity index (χ2v) is 7.43. The Hall–Kier alpha value is -3.71. The van der Waals surface area contributed by atoms with Gasteiger partial charge in [0, 0.05) is 50.4 Å². The highest BCUT2D eigenvalue weighted by molar-refractivity contribution is 5.94. The number of non-ortho nitro benzene ring substituents is 1. The molecule has 0 radical (unpaired) electrons. The van der Waals surface area contributed by atoms with Crippen molar-refractivity contribution >= 4 is 11.6 Å². The lowest BCUT2D eigenvalue weighted by Gasteiger charge is -2.34. The minimum absolute atomic E-state index is 0.0140. The van der Waals surface area contributed by atoms with Gasteiger partial charge in [-0.1, -0.05) is 30.3 Å². The van der Waals surface area contributed by atoms with E-state index >= 15 is 0 Å². The first kappa shape index (κ1) is 20.6. The number of hydrogen-bond acceptors (Lipinski definition) is 5. The highest BCUT2D eigenvalue weighted by Crippen LogP contribution is 2.23. The summed E-state index contributed by atoms with van der Waals surface area (Å²) < 4.78 is 5.92. The quantitative estimate of drug-likeness (QED) is 0.440. The molecule has 0 saturated carbocycles. The number of nitrogens with zero attached hydrogens (tertiary/aromatic N) is 3. The van der Waals surface area contributed by atoms with Crippen molar-refractivity contribution in [2.75, 3.05) is 26.2 Å². The van der Waals surface area contributed by atoms with Crippen molar-refractivity contribution in [3.63, 3.8) is 0 Å². The van der Waals surface area contributed by atoms with Crippen LogP contribution in [-0.2, 0) is 6.54 Å². The average molecular weight is 417 g/mol. The second kappa shape index (κ2) is 9.40. The van der Waals surface area contributed by atoms with Crippen LogP contribution >= 0.6 is 0 Å². The van der Waals surface area contributed by atoms with Crippen LogP contribution in [0.1, 0.15) is 15.9 Å². The molecular formula is C24H23N3O4. The van der Waals surface area contributed by atoms with Crippen molar-refractivity contribution in [2.45, 2.75) is 6.54 Å². The van der Waals surface area contributed by atoms with E-state index in [4.69, 9.17) is 4.74 Å². The first-order chi connectivity index (χ1) is 15.1. The van der Waals surface area contributed by atoms with E-state index in [0.29, 0.717) is 18.7 Å². The number of carbonyl (C=O) groups excluding carboxylic acids is 1. The van der Waals surface area contributed by atoms with Crippen LogP contribution < -0.4 is 4.74 Å². The van der Waals surface area contributed by atoms with E-state index in [0.717, 1.165) is 36.7 Å². The molecule has 0 N–H and O–H groups in total. The van der Waals surface area contributed by atoms with Crippen LogP contribution in [-0.4, -0.2) is 46.8 Å². The fraction of sp³-hybridized carbons (Fsp3) is 0.208. The van der Waals surface area contributed by atoms with E-state index in [2.05, 4.69) is 11.0 Å². The summed E-state index contributed by atoms with van der Waals surface area (Å²) in [5.74, 6) is 1.52. The molecule has 0 aliphatic carbocycles. The SMILES string of the molecule is O=C(c1ccc([N+](=O)[O-])cc1)N1CCN(Cc2cccc(Oc3ccccc3)c2)CC1. The highest BCUT2D eigenvalue weighted by Gasteiger charge is 2.22. The monoisotopic (exact) mass is 417 g/mol. The topological polar surface area (TPSA) is 75.9 Å². The Balaban J connectivity index is 1.31. The molecule has 3 aromatic carbocycles. The first-order valence-electron chi connectivity index (χ1n) is 10.2. The molecule has 1 aliphatic heterocycles. The van der Waals surface area contributed by atoms with Crippen LogP contribution in [0.15, 0.2) is 78.9 Å². The molecule has 7 heteroatoms. The molecule has 3 aromatic rings. The first-order valence-corrected chi connectivity index (χ1v) is 10.2. The summed E-state index contributed by atoms with van der Waals surface area (Å²) in [5, 5.41) is 10.8. The van der Waals surface area contributed by atoms with Gasteiger partial charge in [0.1, 0.15) is 11.5 Å². The predicted octanol–water partition coefficient (Wildman–Crippen LogP) is 4.35. The number of nitro groups is 1. The van der Waals surface area contributed by atoms with Gasteiger partial charge in [0.2, 0.25) is 0 Å². The highest BCUT2D eigenvalue weighted by atomic mass is 16.6. The van der Waals surface area contributed by atoms with Crippen LogP contribution in [0.3, 0.4) is 0 Å². The zero-order chi connectivity index (χ0) is 21.6. The smallest absolute Gasteiger partial charge is 0.269 e. The van der Waals surface area contributed by atoms with Crippen molar-refractivity contribution in [1.82, 2.24) is 9.80 Å². The van der Waals surface area contributed by atoms with E-state index < -0.39 is 4.92 Å². The van der Waals surface area contributed by atoms with Crippen LogP contribution in [0.4, 0.5) is 5.69 Å². The summed E-state index contributed by atoms with van der Waals surface area (Å²) in [6.45, 7) is 3.56. The van der Waals surface area contributed by atoms with Gasteiger partial charge in [-0.05, 0) is 42.0 Å². The number of nitro benzene ring substituents is 1. The van der Waals surface area contributed by atoms with Gasteiger partial charge in [-0.15, -0.1) is 0 Å². The summed E-state index contributed by atoms with van der Waals surface area (Å²) in [7, 11) is 0. The zero-order valence-corrected chi connectivity index (χ0v) is 17.0. The van der Waals surface area contributed by atoms with Crippen molar-refractivity contribution in [3.05, 3.63) is 100 Å². The van der Waals surface area contributed by atoms with Crippen LogP contribution in [0, 0.1) is 10.1 Å². The molecular weight excluding hydrogens is 394 g/mol. The van der Waals surface area contributed by atoms with Crippen molar-refractivity contribution in [3.8, 4) is 11.5 Å². The molecule has 0 atom stereocenters. The summed E-state index contributed by atoms with van der Waals surface area (Å²) in [6, 6.07) is 23.5. The number of carbonyl (C=O) groups is 1. The molecule has 0 aromatic heterocycles. The molecule has 1 fully saturated rings. The minimum Gasteiger partial charge on any atom is -0.457 e. The Bertz CT molecular complexity index is 1050. The van der Waals surface area contributed by atoms with E-state index in [9.17, 15) is 14.9 Å². The third-order valence-electron chi connectivity index (χ3n) is 5.27. The van der Waals surface area contributed by atoms with Gasteiger partial charge < -0.3 is 9.64 Å². The molecule has 158 valence electrons. The molecule has 7 nitrogen and oxygen atoms in total. The third-order valence-corrected chi connectivity index (χ3v) is 5.27. The molecule has 0 spiro atoms. The largest absolute Gasteiger partial charge is 0.457 e. The maximum atomic E-state index is 12.7. The number of hydrogen-bond donors (Lipinski definition) is 0. The Morgan fingerprint density at radius 1 is 0.871 bits per heavy atom. The number of ether oxygens (including phenoxy) is 1. The van der Waals surface area contributed by atoms with Gasteiger partial charge >= 0.3 is 0 Å². The fourth-order valence-corrected chi connectivity index (χ4v) is 3.61. The Morgan fingerprint density at radius 2 is 1.55 bits per heavy atom. The number of piperazine rings is 1. The molecule has 1 saturated heterocycles. The molecule has 1 aliphatic rings. The maximum Gasteiger partial charge on any atom is 0.269 e. The summed E-state index contributed by atoms with van der Waals surface area (Å²) in [5.41, 5.74) is 1.62. The average Bonchev–Trinajstić information content (AvgIpc) is 2.80. The molecule has 0 unspecified atom stereocenters. The van der Waals surface area contributed by atoms with Crippen molar-refractivity contribution in [2.24, 2.45) is 0 Å². The molecule has 0 bridgehead atoms. The van der Waals surface area contributed by atoms with E-state index in [1.165, 1.54) is 24.3 Å². The Kier molecular flexibility index (Phi) is 6.24. The van der Waals surface area contributed by atoms with E-state index in [1.807, 2.05) is 48.5 Å². The lowest BCUT2D eigenvalue weighted by Crippen LogP contribution is -2.48. The predicted molar refractivity (Wildman–Crippen MR) is 117 cm³/mol. The van der Waals surface area contributed by atoms with E-state index in [-0.39, 0.29) is 11.6 Å². The minimum atomic E-state index is -0.465.